The van der Waals surface area contributed by atoms with E-state index in [1.807, 2.05) is 12.3 Å². The van der Waals surface area contributed by atoms with Crippen molar-refractivity contribution in [1.29, 1.82) is 0 Å². The van der Waals surface area contributed by atoms with E-state index in [-0.39, 0.29) is 35.3 Å². The van der Waals surface area contributed by atoms with Crippen LogP contribution in [0.5, 0.6) is 0 Å². The third-order valence-corrected chi connectivity index (χ3v) is 5.53. The van der Waals surface area contributed by atoms with Crippen molar-refractivity contribution >= 4 is 29.9 Å². The first-order valence-corrected chi connectivity index (χ1v) is 10.5. The van der Waals surface area contributed by atoms with Gasteiger partial charge < -0.3 is 10.6 Å². The highest BCUT2D eigenvalue weighted by atomic mass is 127. The first-order chi connectivity index (χ1) is 14.0. The lowest BCUT2D eigenvalue weighted by molar-refractivity contribution is 0.0982. The lowest BCUT2D eigenvalue weighted by Gasteiger charge is -2.41. The molecule has 3 rings (SSSR count). The zero-order valence-corrected chi connectivity index (χ0v) is 20.5. The molecular formula is C22H34FIN6. The maximum Gasteiger partial charge on any atom is 0.191 e. The molecule has 0 aliphatic carbocycles. The van der Waals surface area contributed by atoms with Crippen LogP contribution >= 0.6 is 24.0 Å². The molecule has 0 spiro atoms. The summed E-state index contributed by atoms with van der Waals surface area (Å²) in [6.07, 6.45) is 6.61. The topological polar surface area (TPSA) is 57.5 Å². The Morgan fingerprint density at radius 3 is 2.47 bits per heavy atom. The van der Waals surface area contributed by atoms with E-state index in [1.165, 1.54) is 44.5 Å². The Morgan fingerprint density at radius 2 is 1.80 bits per heavy atom. The Morgan fingerprint density at radius 1 is 1.10 bits per heavy atom. The van der Waals surface area contributed by atoms with Gasteiger partial charge in [0.15, 0.2) is 5.96 Å². The van der Waals surface area contributed by atoms with Crippen LogP contribution in [0.1, 0.15) is 38.8 Å². The molecule has 6 nitrogen and oxygen atoms in total. The largest absolute Gasteiger partial charge is 0.356 e. The summed E-state index contributed by atoms with van der Waals surface area (Å²) in [5, 5.41) is 11.4. The highest BCUT2D eigenvalue weighted by molar-refractivity contribution is 14.0. The van der Waals surface area contributed by atoms with E-state index in [9.17, 15) is 4.39 Å². The molecule has 0 amide bonds. The first-order valence-electron chi connectivity index (χ1n) is 10.5. The summed E-state index contributed by atoms with van der Waals surface area (Å²) in [5.74, 6) is 0.570. The molecule has 0 atom stereocenters. The summed E-state index contributed by atoms with van der Waals surface area (Å²) in [6.45, 7) is 8.53. The number of halogens is 2. The Bertz CT molecular complexity index is 796. The number of nitrogens with zero attached hydrogens (tertiary/aromatic N) is 4. The molecule has 166 valence electrons. The molecule has 1 aliphatic heterocycles. The summed E-state index contributed by atoms with van der Waals surface area (Å²) >= 11 is 0. The van der Waals surface area contributed by atoms with Crippen molar-refractivity contribution < 1.29 is 4.39 Å². The molecule has 1 aromatic heterocycles. The van der Waals surface area contributed by atoms with E-state index in [4.69, 9.17) is 0 Å². The molecule has 0 saturated carbocycles. The minimum absolute atomic E-state index is 0. The average molecular weight is 528 g/mol. The number of guanidine groups is 1. The van der Waals surface area contributed by atoms with Gasteiger partial charge in [-0.15, -0.1) is 24.0 Å². The van der Waals surface area contributed by atoms with Gasteiger partial charge in [0, 0.05) is 38.3 Å². The second-order valence-electron chi connectivity index (χ2n) is 8.19. The van der Waals surface area contributed by atoms with E-state index < -0.39 is 0 Å². The van der Waals surface area contributed by atoms with Crippen LogP contribution in [-0.2, 0) is 6.42 Å². The van der Waals surface area contributed by atoms with Gasteiger partial charge in [0.05, 0.1) is 11.4 Å². The molecule has 1 aliphatic rings. The van der Waals surface area contributed by atoms with Crippen LogP contribution in [0.15, 0.2) is 41.5 Å². The Labute approximate surface area is 196 Å². The Balaban J connectivity index is 0.00000320. The third-order valence-electron chi connectivity index (χ3n) is 5.53. The fourth-order valence-corrected chi connectivity index (χ4v) is 3.67. The molecule has 2 N–H and O–H groups in total. The van der Waals surface area contributed by atoms with Gasteiger partial charge >= 0.3 is 0 Å². The van der Waals surface area contributed by atoms with Crippen LogP contribution < -0.4 is 10.6 Å². The summed E-state index contributed by atoms with van der Waals surface area (Å²) in [6, 6.07) is 8.32. The van der Waals surface area contributed by atoms with E-state index in [1.54, 1.807) is 23.9 Å². The lowest BCUT2D eigenvalue weighted by Crippen LogP contribution is -2.55. The first kappa shape index (κ1) is 24.6. The van der Waals surface area contributed by atoms with Crippen molar-refractivity contribution in [3.8, 4) is 5.69 Å². The molecule has 30 heavy (non-hydrogen) atoms. The molecule has 1 aromatic carbocycles. The highest BCUT2D eigenvalue weighted by Crippen LogP contribution is 2.19. The second-order valence-corrected chi connectivity index (χ2v) is 8.19. The minimum Gasteiger partial charge on any atom is -0.356 e. The Kier molecular flexibility index (Phi) is 9.54. The SMILES string of the molecule is CN=C(NCCc1ccn(-c2ccc(F)cc2)n1)NCC(C)(C)N1CCCCC1.I. The number of hydrogen-bond acceptors (Lipinski definition) is 3. The van der Waals surface area contributed by atoms with Gasteiger partial charge in [-0.2, -0.15) is 5.10 Å². The Hall–Kier alpha value is -1.68. The van der Waals surface area contributed by atoms with Gasteiger partial charge in [-0.1, -0.05) is 6.42 Å². The number of hydrogen-bond donors (Lipinski definition) is 2. The maximum atomic E-state index is 13.1. The molecule has 1 saturated heterocycles. The summed E-state index contributed by atoms with van der Waals surface area (Å²) in [7, 11) is 1.80. The predicted molar refractivity (Wildman–Crippen MR) is 132 cm³/mol. The van der Waals surface area contributed by atoms with Crippen LogP contribution in [0.4, 0.5) is 4.39 Å². The van der Waals surface area contributed by atoms with Crippen LogP contribution in [0.2, 0.25) is 0 Å². The zero-order valence-electron chi connectivity index (χ0n) is 18.2. The van der Waals surface area contributed by atoms with Crippen molar-refractivity contribution in [3.05, 3.63) is 48.0 Å². The normalized spacial score (nSPS) is 15.5. The van der Waals surface area contributed by atoms with Gasteiger partial charge in [0.25, 0.3) is 0 Å². The van der Waals surface area contributed by atoms with Crippen LogP contribution in [0, 0.1) is 5.82 Å². The molecule has 0 bridgehead atoms. The molecule has 1 fully saturated rings. The average Bonchev–Trinajstić information content (AvgIpc) is 3.20. The monoisotopic (exact) mass is 528 g/mol. The smallest absolute Gasteiger partial charge is 0.191 e. The fourth-order valence-electron chi connectivity index (χ4n) is 3.67. The minimum atomic E-state index is -0.243. The third kappa shape index (κ3) is 6.94. The van der Waals surface area contributed by atoms with E-state index in [0.29, 0.717) is 0 Å². The second kappa shape index (κ2) is 11.6. The zero-order chi connectivity index (χ0) is 20.7. The number of likely N-dealkylation sites (tertiary alicyclic amines) is 1. The van der Waals surface area contributed by atoms with Crippen molar-refractivity contribution in [2.24, 2.45) is 4.99 Å². The van der Waals surface area contributed by atoms with E-state index in [2.05, 4.69) is 39.5 Å². The number of aliphatic imine (C=N–C) groups is 1. The fraction of sp³-hybridized carbons (Fsp3) is 0.545. The molecular weight excluding hydrogens is 494 g/mol. The molecule has 0 unspecified atom stereocenters. The number of piperidine rings is 1. The quantitative estimate of drug-likeness (QED) is 0.328. The van der Waals surface area contributed by atoms with Gasteiger partial charge in [-0.05, 0) is 70.1 Å². The lowest BCUT2D eigenvalue weighted by atomic mass is 9.98. The van der Waals surface area contributed by atoms with Gasteiger partial charge in [0.2, 0.25) is 0 Å². The standard InChI is InChI=1S/C22H33FN6.HI/c1-22(2,28-14-5-4-6-15-28)17-26-21(24-3)25-13-11-19-12-16-29(27-19)20-9-7-18(23)8-10-20;/h7-10,12,16H,4-6,11,13-15,17H2,1-3H3,(H2,24,25,26);1H. The molecule has 8 heteroatoms. The van der Waals surface area contributed by atoms with E-state index >= 15 is 0 Å². The molecule has 2 aromatic rings. The predicted octanol–water partition coefficient (Wildman–Crippen LogP) is 3.60. The van der Waals surface area contributed by atoms with Gasteiger partial charge in [0.1, 0.15) is 5.82 Å². The van der Waals surface area contributed by atoms with Crippen molar-refractivity contribution in [1.82, 2.24) is 25.3 Å². The van der Waals surface area contributed by atoms with E-state index in [0.717, 1.165) is 36.9 Å². The number of nitrogens with one attached hydrogen (secondary N) is 2. The number of rotatable bonds is 7. The highest BCUT2D eigenvalue weighted by Gasteiger charge is 2.27. The summed E-state index contributed by atoms with van der Waals surface area (Å²) in [5.41, 5.74) is 1.93. The van der Waals surface area contributed by atoms with Crippen LogP contribution in [-0.4, -0.2) is 59.4 Å². The number of benzene rings is 1. The summed E-state index contributed by atoms with van der Waals surface area (Å²) < 4.78 is 14.8. The molecule has 2 heterocycles. The van der Waals surface area contributed by atoms with Crippen LogP contribution in [0.25, 0.3) is 5.69 Å². The van der Waals surface area contributed by atoms with Crippen LogP contribution in [0.3, 0.4) is 0 Å². The van der Waals surface area contributed by atoms with Crippen molar-refractivity contribution in [3.63, 3.8) is 0 Å². The van der Waals surface area contributed by atoms with Crippen molar-refractivity contribution in [2.75, 3.05) is 33.2 Å². The van der Waals surface area contributed by atoms with Gasteiger partial charge in [-0.3, -0.25) is 9.89 Å². The number of aromatic nitrogens is 2. The van der Waals surface area contributed by atoms with Gasteiger partial charge in [-0.25, -0.2) is 9.07 Å². The molecule has 0 radical (unpaired) electrons. The van der Waals surface area contributed by atoms with Crippen molar-refractivity contribution in [2.45, 2.75) is 45.1 Å². The summed E-state index contributed by atoms with van der Waals surface area (Å²) in [4.78, 5) is 6.91. The maximum absolute atomic E-state index is 13.1.